The lowest BCUT2D eigenvalue weighted by Gasteiger charge is -2.33. The maximum Gasteiger partial charge on any atom is 0.135 e. The van der Waals surface area contributed by atoms with Crippen LogP contribution in [0.2, 0.25) is 0 Å². The maximum atomic E-state index is 13.7. The SMILES string of the molecule is Fc1ccc(N2CC[NH+](Cc3c(F)cccc3F)CC2)cc1. The van der Waals surface area contributed by atoms with Crippen molar-refractivity contribution in [2.24, 2.45) is 0 Å². The van der Waals surface area contributed by atoms with Crippen molar-refractivity contribution in [1.29, 1.82) is 0 Å². The van der Waals surface area contributed by atoms with E-state index in [0.717, 1.165) is 36.8 Å². The fourth-order valence-electron chi connectivity index (χ4n) is 2.86. The topological polar surface area (TPSA) is 7.68 Å². The smallest absolute Gasteiger partial charge is 0.135 e. The van der Waals surface area contributed by atoms with Crippen molar-refractivity contribution < 1.29 is 18.1 Å². The number of hydrogen-bond acceptors (Lipinski definition) is 1. The van der Waals surface area contributed by atoms with Crippen LogP contribution in [0.15, 0.2) is 42.5 Å². The van der Waals surface area contributed by atoms with E-state index < -0.39 is 11.6 Å². The predicted octanol–water partition coefficient (Wildman–Crippen LogP) is 2.01. The van der Waals surface area contributed by atoms with Gasteiger partial charge in [0, 0.05) is 5.69 Å². The van der Waals surface area contributed by atoms with Crippen LogP contribution in [0.1, 0.15) is 5.56 Å². The van der Waals surface area contributed by atoms with Crippen molar-refractivity contribution in [3.8, 4) is 0 Å². The molecule has 0 aromatic heterocycles. The Hall–Kier alpha value is -2.01. The number of rotatable bonds is 3. The zero-order chi connectivity index (χ0) is 15.5. The van der Waals surface area contributed by atoms with E-state index >= 15 is 0 Å². The van der Waals surface area contributed by atoms with Gasteiger partial charge in [0.25, 0.3) is 0 Å². The van der Waals surface area contributed by atoms with Crippen molar-refractivity contribution in [2.75, 3.05) is 31.1 Å². The highest BCUT2D eigenvalue weighted by atomic mass is 19.1. The largest absolute Gasteiger partial charge is 0.360 e. The van der Waals surface area contributed by atoms with E-state index in [1.54, 1.807) is 12.1 Å². The minimum atomic E-state index is -0.478. The normalized spacial score (nSPS) is 16.0. The molecule has 0 aliphatic carbocycles. The standard InChI is InChI=1S/C17H17F3N2/c18-13-4-6-14(7-5-13)22-10-8-21(9-11-22)12-15-16(19)2-1-3-17(15)20/h1-7H,8-12H2/p+1. The van der Waals surface area contributed by atoms with E-state index in [9.17, 15) is 13.2 Å². The molecule has 0 spiro atoms. The average Bonchev–Trinajstić information content (AvgIpc) is 2.53. The van der Waals surface area contributed by atoms with Crippen molar-refractivity contribution in [1.82, 2.24) is 0 Å². The van der Waals surface area contributed by atoms with E-state index in [0.29, 0.717) is 6.54 Å². The zero-order valence-corrected chi connectivity index (χ0v) is 12.2. The lowest BCUT2D eigenvalue weighted by atomic mass is 10.1. The Morgan fingerprint density at radius 2 is 1.45 bits per heavy atom. The first-order chi connectivity index (χ1) is 10.6. The fraction of sp³-hybridized carbons (Fsp3) is 0.294. The summed E-state index contributed by atoms with van der Waals surface area (Å²) in [5, 5.41) is 0. The van der Waals surface area contributed by atoms with Gasteiger partial charge in [-0.05, 0) is 36.4 Å². The van der Waals surface area contributed by atoms with Crippen LogP contribution in [-0.2, 0) is 6.54 Å². The first kappa shape index (κ1) is 14.9. The summed E-state index contributed by atoms with van der Waals surface area (Å²) in [5.41, 5.74) is 1.14. The molecule has 22 heavy (non-hydrogen) atoms. The minimum Gasteiger partial charge on any atom is -0.360 e. The monoisotopic (exact) mass is 307 g/mol. The Morgan fingerprint density at radius 3 is 2.05 bits per heavy atom. The summed E-state index contributed by atoms with van der Waals surface area (Å²) in [4.78, 5) is 3.32. The van der Waals surface area contributed by atoms with E-state index in [2.05, 4.69) is 4.90 Å². The molecule has 0 radical (unpaired) electrons. The van der Waals surface area contributed by atoms with Gasteiger partial charge in [-0.1, -0.05) is 6.07 Å². The van der Waals surface area contributed by atoms with Gasteiger partial charge in [0.15, 0.2) is 0 Å². The second-order valence-corrected chi connectivity index (χ2v) is 5.59. The number of benzene rings is 2. The molecule has 1 aliphatic rings. The number of anilines is 1. The Morgan fingerprint density at radius 1 is 0.864 bits per heavy atom. The third-order valence-corrected chi connectivity index (χ3v) is 4.15. The third kappa shape index (κ3) is 3.25. The molecule has 0 amide bonds. The second-order valence-electron chi connectivity index (χ2n) is 5.59. The van der Waals surface area contributed by atoms with Crippen LogP contribution in [0.25, 0.3) is 0 Å². The first-order valence-corrected chi connectivity index (χ1v) is 7.40. The Kier molecular flexibility index (Phi) is 4.34. The summed E-state index contributed by atoms with van der Waals surface area (Å²) >= 11 is 0. The van der Waals surface area contributed by atoms with Crippen LogP contribution in [-0.4, -0.2) is 26.2 Å². The van der Waals surface area contributed by atoms with Crippen molar-refractivity contribution in [2.45, 2.75) is 6.54 Å². The summed E-state index contributed by atoms with van der Waals surface area (Å²) in [5.74, 6) is -1.20. The quantitative estimate of drug-likeness (QED) is 0.911. The van der Waals surface area contributed by atoms with Crippen LogP contribution >= 0.6 is 0 Å². The van der Waals surface area contributed by atoms with Gasteiger partial charge in [-0.25, -0.2) is 13.2 Å². The zero-order valence-electron chi connectivity index (χ0n) is 12.2. The van der Waals surface area contributed by atoms with E-state index in [4.69, 9.17) is 0 Å². The van der Waals surface area contributed by atoms with Crippen molar-refractivity contribution >= 4 is 5.69 Å². The van der Waals surface area contributed by atoms with Crippen molar-refractivity contribution in [3.63, 3.8) is 0 Å². The Bertz CT molecular complexity index is 615. The van der Waals surface area contributed by atoms with Crippen LogP contribution in [0.4, 0.5) is 18.9 Å². The molecule has 0 saturated carbocycles. The molecule has 1 aliphatic heterocycles. The lowest BCUT2D eigenvalue weighted by Crippen LogP contribution is -3.13. The summed E-state index contributed by atoms with van der Waals surface area (Å²) in [7, 11) is 0. The summed E-state index contributed by atoms with van der Waals surface area (Å²) in [6.45, 7) is 3.53. The molecule has 1 N–H and O–H groups in total. The van der Waals surface area contributed by atoms with Gasteiger partial charge in [-0.15, -0.1) is 0 Å². The van der Waals surface area contributed by atoms with E-state index in [1.165, 1.54) is 30.3 Å². The molecule has 3 rings (SSSR count). The molecule has 0 unspecified atom stereocenters. The molecule has 116 valence electrons. The van der Waals surface area contributed by atoms with Gasteiger partial charge in [0.1, 0.15) is 24.0 Å². The van der Waals surface area contributed by atoms with Crippen LogP contribution in [0.5, 0.6) is 0 Å². The summed E-state index contributed by atoms with van der Waals surface area (Å²) < 4.78 is 40.3. The summed E-state index contributed by atoms with van der Waals surface area (Å²) in [6, 6.07) is 10.4. The molecule has 2 aromatic rings. The summed E-state index contributed by atoms with van der Waals surface area (Å²) in [6.07, 6.45) is 0. The van der Waals surface area contributed by atoms with Gasteiger partial charge in [0.2, 0.25) is 0 Å². The molecule has 1 heterocycles. The lowest BCUT2D eigenvalue weighted by molar-refractivity contribution is -0.914. The highest BCUT2D eigenvalue weighted by Crippen LogP contribution is 2.15. The number of nitrogens with one attached hydrogen (secondary N) is 1. The molecular weight excluding hydrogens is 289 g/mol. The average molecular weight is 307 g/mol. The van der Waals surface area contributed by atoms with E-state index in [-0.39, 0.29) is 11.4 Å². The Labute approximate surface area is 127 Å². The molecule has 0 atom stereocenters. The fourth-order valence-corrected chi connectivity index (χ4v) is 2.86. The molecule has 0 bridgehead atoms. The molecule has 2 nitrogen and oxygen atoms in total. The van der Waals surface area contributed by atoms with Gasteiger partial charge in [0.05, 0.1) is 31.7 Å². The number of quaternary nitrogens is 1. The maximum absolute atomic E-state index is 13.7. The molecular formula is C17H18F3N2+. The Balaban J connectivity index is 1.61. The number of halogens is 3. The number of hydrogen-bond donors (Lipinski definition) is 1. The molecule has 5 heteroatoms. The van der Waals surface area contributed by atoms with Gasteiger partial charge in [-0.3, -0.25) is 0 Å². The molecule has 2 aromatic carbocycles. The molecule has 1 fully saturated rings. The predicted molar refractivity (Wildman–Crippen MR) is 79.4 cm³/mol. The first-order valence-electron chi connectivity index (χ1n) is 7.40. The van der Waals surface area contributed by atoms with Crippen LogP contribution < -0.4 is 9.80 Å². The highest BCUT2D eigenvalue weighted by molar-refractivity contribution is 5.46. The van der Waals surface area contributed by atoms with Crippen molar-refractivity contribution in [3.05, 3.63) is 65.5 Å². The van der Waals surface area contributed by atoms with Gasteiger partial charge >= 0.3 is 0 Å². The minimum absolute atomic E-state index is 0.160. The molecule has 1 saturated heterocycles. The van der Waals surface area contributed by atoms with Crippen LogP contribution in [0, 0.1) is 17.5 Å². The second kappa shape index (κ2) is 6.40. The van der Waals surface area contributed by atoms with E-state index in [1.807, 2.05) is 0 Å². The number of piperazine rings is 1. The van der Waals surface area contributed by atoms with Crippen LogP contribution in [0.3, 0.4) is 0 Å². The third-order valence-electron chi connectivity index (χ3n) is 4.15. The number of nitrogens with zero attached hydrogens (tertiary/aromatic N) is 1. The van der Waals surface area contributed by atoms with Gasteiger partial charge < -0.3 is 9.80 Å². The van der Waals surface area contributed by atoms with Gasteiger partial charge in [-0.2, -0.15) is 0 Å². The highest BCUT2D eigenvalue weighted by Gasteiger charge is 2.22.